The summed E-state index contributed by atoms with van der Waals surface area (Å²) in [4.78, 5) is 10.6. The van der Waals surface area contributed by atoms with Crippen molar-refractivity contribution in [2.24, 2.45) is 0 Å². The average molecular weight is 399 g/mol. The van der Waals surface area contributed by atoms with E-state index in [2.05, 4.69) is 71.7 Å². The molecule has 7 heteroatoms. The summed E-state index contributed by atoms with van der Waals surface area (Å²) < 4.78 is 2.00. The second kappa shape index (κ2) is 8.90. The highest BCUT2D eigenvalue weighted by Gasteiger charge is 2.20. The van der Waals surface area contributed by atoms with Crippen LogP contribution in [0.4, 0.5) is 11.5 Å². The van der Waals surface area contributed by atoms with Crippen LogP contribution in [0.2, 0.25) is 0 Å². The topological polar surface area (TPSA) is 68.5 Å². The minimum absolute atomic E-state index is 0.325. The standard InChI is InChI=1S/C21H30N6S/c1-7-9-16(10-8-2)27-21-19(25-26-27)20(22-15(5)23-21)24-18-13(3)11-17(28-6)12-14(18)4/h11-12,16H,7-10H2,1-6H3,(H,22,23,24). The van der Waals surface area contributed by atoms with Gasteiger partial charge >= 0.3 is 0 Å². The van der Waals surface area contributed by atoms with Gasteiger partial charge in [0.2, 0.25) is 0 Å². The highest BCUT2D eigenvalue weighted by Crippen LogP contribution is 2.31. The van der Waals surface area contributed by atoms with Crippen molar-refractivity contribution >= 4 is 34.4 Å². The highest BCUT2D eigenvalue weighted by molar-refractivity contribution is 7.98. The number of hydrogen-bond acceptors (Lipinski definition) is 6. The van der Waals surface area contributed by atoms with E-state index in [9.17, 15) is 0 Å². The quantitative estimate of drug-likeness (QED) is 0.487. The molecule has 0 saturated heterocycles. The lowest BCUT2D eigenvalue weighted by molar-refractivity contribution is 0.391. The van der Waals surface area contributed by atoms with Crippen LogP contribution in [0.3, 0.4) is 0 Å². The van der Waals surface area contributed by atoms with Gasteiger partial charge in [0.25, 0.3) is 0 Å². The first-order chi connectivity index (χ1) is 13.5. The van der Waals surface area contributed by atoms with Crippen LogP contribution in [0.15, 0.2) is 17.0 Å². The zero-order valence-electron chi connectivity index (χ0n) is 17.7. The fourth-order valence-corrected chi connectivity index (χ4v) is 4.27. The van der Waals surface area contributed by atoms with E-state index < -0.39 is 0 Å². The Morgan fingerprint density at radius 1 is 1.04 bits per heavy atom. The summed E-state index contributed by atoms with van der Waals surface area (Å²) in [6.45, 7) is 10.6. The predicted octanol–water partition coefficient (Wildman–Crippen LogP) is 5.75. The molecule has 2 aromatic heterocycles. The molecule has 0 bridgehead atoms. The molecule has 6 nitrogen and oxygen atoms in total. The van der Waals surface area contributed by atoms with Gasteiger partial charge in [0.05, 0.1) is 6.04 Å². The Bertz CT molecular complexity index is 936. The molecule has 3 aromatic rings. The third-order valence-corrected chi connectivity index (χ3v) is 5.72. The monoisotopic (exact) mass is 398 g/mol. The van der Waals surface area contributed by atoms with Crippen LogP contribution in [0, 0.1) is 20.8 Å². The first kappa shape index (κ1) is 20.6. The summed E-state index contributed by atoms with van der Waals surface area (Å²) in [5, 5.41) is 12.4. The lowest BCUT2D eigenvalue weighted by atomic mass is 10.1. The Hall–Kier alpha value is -2.15. The van der Waals surface area contributed by atoms with Gasteiger partial charge in [-0.15, -0.1) is 16.9 Å². The van der Waals surface area contributed by atoms with E-state index in [4.69, 9.17) is 0 Å². The molecule has 1 N–H and O–H groups in total. The zero-order chi connectivity index (χ0) is 20.3. The third kappa shape index (κ3) is 4.14. The Kier molecular flexibility index (Phi) is 6.54. The van der Waals surface area contributed by atoms with Crippen LogP contribution < -0.4 is 5.32 Å². The molecule has 0 amide bonds. The number of anilines is 2. The van der Waals surface area contributed by atoms with E-state index in [1.807, 2.05) is 11.6 Å². The van der Waals surface area contributed by atoms with E-state index in [0.717, 1.165) is 54.2 Å². The molecule has 0 aliphatic rings. The van der Waals surface area contributed by atoms with Gasteiger partial charge in [-0.3, -0.25) is 0 Å². The lowest BCUT2D eigenvalue weighted by Gasteiger charge is -2.16. The smallest absolute Gasteiger partial charge is 0.184 e. The molecule has 0 radical (unpaired) electrons. The van der Waals surface area contributed by atoms with Crippen LogP contribution in [-0.4, -0.2) is 31.2 Å². The van der Waals surface area contributed by atoms with Crippen molar-refractivity contribution < 1.29 is 0 Å². The van der Waals surface area contributed by atoms with Crippen molar-refractivity contribution in [3.63, 3.8) is 0 Å². The third-order valence-electron chi connectivity index (χ3n) is 5.01. The van der Waals surface area contributed by atoms with Crippen LogP contribution in [-0.2, 0) is 0 Å². The van der Waals surface area contributed by atoms with Crippen molar-refractivity contribution in [2.75, 3.05) is 11.6 Å². The number of aryl methyl sites for hydroxylation is 3. The van der Waals surface area contributed by atoms with Gasteiger partial charge in [-0.25, -0.2) is 14.6 Å². The molecule has 3 rings (SSSR count). The normalized spacial score (nSPS) is 11.5. The van der Waals surface area contributed by atoms with E-state index in [0.29, 0.717) is 6.04 Å². The first-order valence-electron chi connectivity index (χ1n) is 10.00. The van der Waals surface area contributed by atoms with Crippen molar-refractivity contribution in [2.45, 2.75) is 71.2 Å². The molecule has 0 saturated carbocycles. The number of nitrogens with one attached hydrogen (secondary N) is 1. The van der Waals surface area contributed by atoms with Gasteiger partial charge in [0.15, 0.2) is 17.0 Å². The van der Waals surface area contributed by atoms with Crippen LogP contribution in [0.1, 0.15) is 62.5 Å². The SMILES string of the molecule is CCCC(CCC)n1nnc2c(Nc3c(C)cc(SC)cc3C)nc(C)nc21. The maximum Gasteiger partial charge on any atom is 0.184 e. The van der Waals surface area contributed by atoms with Crippen LogP contribution >= 0.6 is 11.8 Å². The number of thioether (sulfide) groups is 1. The molecule has 150 valence electrons. The summed E-state index contributed by atoms with van der Waals surface area (Å²) in [6.07, 6.45) is 6.47. The summed E-state index contributed by atoms with van der Waals surface area (Å²) in [7, 11) is 0. The van der Waals surface area contributed by atoms with Gasteiger partial charge in [0.1, 0.15) is 5.82 Å². The van der Waals surface area contributed by atoms with Gasteiger partial charge in [0, 0.05) is 10.6 Å². The molecule has 0 unspecified atom stereocenters. The van der Waals surface area contributed by atoms with Gasteiger partial charge in [-0.05, 0) is 63.1 Å². The van der Waals surface area contributed by atoms with E-state index >= 15 is 0 Å². The predicted molar refractivity (Wildman–Crippen MR) is 118 cm³/mol. The Morgan fingerprint density at radius 2 is 1.68 bits per heavy atom. The molecule has 0 spiro atoms. The summed E-state index contributed by atoms with van der Waals surface area (Å²) in [5.41, 5.74) is 5.01. The molecule has 0 aliphatic heterocycles. The molecule has 2 heterocycles. The first-order valence-corrected chi connectivity index (χ1v) is 11.2. The molecular formula is C21H30N6S. The van der Waals surface area contributed by atoms with E-state index in [1.165, 1.54) is 16.0 Å². The van der Waals surface area contributed by atoms with Crippen LogP contribution in [0.25, 0.3) is 11.2 Å². The fraction of sp³-hybridized carbons (Fsp3) is 0.524. The second-order valence-electron chi connectivity index (χ2n) is 7.32. The summed E-state index contributed by atoms with van der Waals surface area (Å²) in [5.74, 6) is 1.45. The van der Waals surface area contributed by atoms with Gasteiger partial charge in [-0.2, -0.15) is 0 Å². The number of hydrogen-bond donors (Lipinski definition) is 1. The average Bonchev–Trinajstić information content (AvgIpc) is 3.07. The fourth-order valence-electron chi connectivity index (χ4n) is 3.68. The number of rotatable bonds is 8. The molecule has 1 aromatic carbocycles. The molecule has 0 atom stereocenters. The van der Waals surface area contributed by atoms with Crippen LogP contribution in [0.5, 0.6) is 0 Å². The maximum atomic E-state index is 4.68. The molecule has 0 aliphatic carbocycles. The number of benzene rings is 1. The van der Waals surface area contributed by atoms with E-state index in [1.54, 1.807) is 11.8 Å². The minimum atomic E-state index is 0.325. The lowest BCUT2D eigenvalue weighted by Crippen LogP contribution is -2.12. The highest BCUT2D eigenvalue weighted by atomic mass is 32.2. The van der Waals surface area contributed by atoms with Crippen molar-refractivity contribution in [1.82, 2.24) is 25.0 Å². The summed E-state index contributed by atoms with van der Waals surface area (Å²) >= 11 is 1.75. The minimum Gasteiger partial charge on any atom is -0.338 e. The maximum absolute atomic E-state index is 4.68. The Morgan fingerprint density at radius 3 is 2.25 bits per heavy atom. The number of nitrogens with zero attached hydrogens (tertiary/aromatic N) is 5. The molecule has 0 fully saturated rings. The Labute approximate surface area is 171 Å². The van der Waals surface area contributed by atoms with Crippen molar-refractivity contribution in [3.8, 4) is 0 Å². The summed E-state index contributed by atoms with van der Waals surface area (Å²) in [6, 6.07) is 4.72. The van der Waals surface area contributed by atoms with Gasteiger partial charge < -0.3 is 5.32 Å². The molecule has 28 heavy (non-hydrogen) atoms. The van der Waals surface area contributed by atoms with Gasteiger partial charge in [-0.1, -0.05) is 31.9 Å². The largest absolute Gasteiger partial charge is 0.338 e. The number of aromatic nitrogens is 5. The van der Waals surface area contributed by atoms with Crippen molar-refractivity contribution in [3.05, 3.63) is 29.1 Å². The molecular weight excluding hydrogens is 368 g/mol. The zero-order valence-corrected chi connectivity index (χ0v) is 18.5. The number of fused-ring (bicyclic) bond motifs is 1. The van der Waals surface area contributed by atoms with E-state index in [-0.39, 0.29) is 0 Å². The van der Waals surface area contributed by atoms with Crippen molar-refractivity contribution in [1.29, 1.82) is 0 Å². The second-order valence-corrected chi connectivity index (χ2v) is 8.20. The Balaban J connectivity index is 2.06.